The summed E-state index contributed by atoms with van der Waals surface area (Å²) in [5.74, 6) is -0.266. The molecule has 32 heavy (non-hydrogen) atoms. The SMILES string of the molecule is Cc1cc(C)cc(N(CC(=O)NC2CCCCCCC2)S(=O)(=O)c2c(C)nn(C)c2C)c1. The second-order valence-corrected chi connectivity index (χ2v) is 10.9. The van der Waals surface area contributed by atoms with Gasteiger partial charge in [0.1, 0.15) is 11.4 Å². The molecule has 0 aliphatic heterocycles. The largest absolute Gasteiger partial charge is 0.352 e. The molecule has 0 radical (unpaired) electrons. The van der Waals surface area contributed by atoms with E-state index in [1.165, 1.54) is 23.6 Å². The van der Waals surface area contributed by atoms with Crippen molar-refractivity contribution in [1.82, 2.24) is 15.1 Å². The van der Waals surface area contributed by atoms with Crippen molar-refractivity contribution in [3.05, 3.63) is 40.7 Å². The Morgan fingerprint density at radius 1 is 1.03 bits per heavy atom. The van der Waals surface area contributed by atoms with Gasteiger partial charge in [0.2, 0.25) is 5.91 Å². The molecule has 7 nitrogen and oxygen atoms in total. The molecule has 3 rings (SSSR count). The van der Waals surface area contributed by atoms with Crippen molar-refractivity contribution >= 4 is 21.6 Å². The van der Waals surface area contributed by atoms with Crippen molar-refractivity contribution in [2.45, 2.75) is 83.6 Å². The molecule has 1 aliphatic rings. The third-order valence-electron chi connectivity index (χ3n) is 6.24. The molecular formula is C24H36N4O3S. The molecule has 1 heterocycles. The predicted octanol–water partition coefficient (Wildman–Crippen LogP) is 4.08. The highest BCUT2D eigenvalue weighted by atomic mass is 32.2. The highest BCUT2D eigenvalue weighted by molar-refractivity contribution is 7.93. The first-order chi connectivity index (χ1) is 15.1. The Morgan fingerprint density at radius 3 is 2.12 bits per heavy atom. The van der Waals surface area contributed by atoms with Gasteiger partial charge in [0.05, 0.1) is 17.1 Å². The van der Waals surface area contributed by atoms with E-state index in [-0.39, 0.29) is 23.4 Å². The summed E-state index contributed by atoms with van der Waals surface area (Å²) >= 11 is 0. The molecule has 0 atom stereocenters. The molecular weight excluding hydrogens is 424 g/mol. The van der Waals surface area contributed by atoms with Crippen LogP contribution in [0, 0.1) is 27.7 Å². The number of benzene rings is 1. The van der Waals surface area contributed by atoms with Crippen LogP contribution in [0.25, 0.3) is 0 Å². The van der Waals surface area contributed by atoms with E-state index in [2.05, 4.69) is 10.4 Å². The fourth-order valence-corrected chi connectivity index (χ4v) is 6.46. The molecule has 8 heteroatoms. The van der Waals surface area contributed by atoms with Gasteiger partial charge in [-0.1, -0.05) is 38.2 Å². The molecule has 176 valence electrons. The van der Waals surface area contributed by atoms with Crippen LogP contribution in [-0.4, -0.2) is 36.7 Å². The van der Waals surface area contributed by atoms with Gasteiger partial charge < -0.3 is 5.32 Å². The lowest BCUT2D eigenvalue weighted by Gasteiger charge is -2.27. The number of anilines is 1. The Labute approximate surface area is 192 Å². The number of hydrogen-bond acceptors (Lipinski definition) is 4. The second kappa shape index (κ2) is 10.1. The maximum atomic E-state index is 13.8. The summed E-state index contributed by atoms with van der Waals surface area (Å²) in [7, 11) is -2.26. The Kier molecular flexibility index (Phi) is 7.64. The van der Waals surface area contributed by atoms with Crippen LogP contribution in [0.2, 0.25) is 0 Å². The maximum absolute atomic E-state index is 13.8. The van der Waals surface area contributed by atoms with Crippen molar-refractivity contribution in [2.24, 2.45) is 7.05 Å². The first-order valence-electron chi connectivity index (χ1n) is 11.5. The van der Waals surface area contributed by atoms with Gasteiger partial charge in [-0.05, 0) is 63.8 Å². The lowest BCUT2D eigenvalue weighted by atomic mass is 9.97. The Morgan fingerprint density at radius 2 is 1.59 bits per heavy atom. The summed E-state index contributed by atoms with van der Waals surface area (Å²) in [4.78, 5) is 13.2. The number of rotatable bonds is 6. The van der Waals surface area contributed by atoms with E-state index >= 15 is 0 Å². The van der Waals surface area contributed by atoms with Crippen LogP contribution < -0.4 is 9.62 Å². The van der Waals surface area contributed by atoms with E-state index in [9.17, 15) is 13.2 Å². The maximum Gasteiger partial charge on any atom is 0.268 e. The van der Waals surface area contributed by atoms with Gasteiger partial charge >= 0.3 is 0 Å². The van der Waals surface area contributed by atoms with E-state index in [1.54, 1.807) is 25.6 Å². The molecule has 0 bridgehead atoms. The molecule has 0 saturated heterocycles. The summed E-state index contributed by atoms with van der Waals surface area (Å²) in [6, 6.07) is 5.72. The average Bonchev–Trinajstić information content (AvgIpc) is 2.93. The number of nitrogens with zero attached hydrogens (tertiary/aromatic N) is 3. The zero-order valence-electron chi connectivity index (χ0n) is 19.9. The molecule has 1 aliphatic carbocycles. The van der Waals surface area contributed by atoms with Gasteiger partial charge in [0.15, 0.2) is 0 Å². The molecule has 2 aromatic rings. The minimum absolute atomic E-state index is 0.105. The van der Waals surface area contributed by atoms with Crippen LogP contribution in [0.4, 0.5) is 5.69 Å². The minimum atomic E-state index is -3.99. The van der Waals surface area contributed by atoms with Gasteiger partial charge in [0, 0.05) is 13.1 Å². The fraction of sp³-hybridized carbons (Fsp3) is 0.583. The normalized spacial score (nSPS) is 15.8. The number of hydrogen-bond donors (Lipinski definition) is 1. The number of carbonyl (C=O) groups excluding carboxylic acids is 1. The van der Waals surface area contributed by atoms with E-state index < -0.39 is 10.0 Å². The van der Waals surface area contributed by atoms with Gasteiger partial charge in [-0.15, -0.1) is 0 Å². The number of aryl methyl sites for hydroxylation is 4. The third kappa shape index (κ3) is 5.52. The Balaban J connectivity index is 1.95. The lowest BCUT2D eigenvalue weighted by Crippen LogP contribution is -2.44. The zero-order chi connectivity index (χ0) is 23.5. The summed E-state index contributed by atoms with van der Waals surface area (Å²) in [6.45, 7) is 7.03. The van der Waals surface area contributed by atoms with Crippen LogP contribution >= 0.6 is 0 Å². The van der Waals surface area contributed by atoms with Crippen molar-refractivity contribution in [1.29, 1.82) is 0 Å². The Hall–Kier alpha value is -2.35. The van der Waals surface area contributed by atoms with Crippen molar-refractivity contribution < 1.29 is 13.2 Å². The summed E-state index contributed by atoms with van der Waals surface area (Å²) < 4.78 is 30.5. The molecule has 1 saturated carbocycles. The quantitative estimate of drug-likeness (QED) is 0.704. The van der Waals surface area contributed by atoms with Crippen LogP contribution in [-0.2, 0) is 21.9 Å². The van der Waals surface area contributed by atoms with Gasteiger partial charge in [0.25, 0.3) is 10.0 Å². The van der Waals surface area contributed by atoms with Gasteiger partial charge in [-0.25, -0.2) is 8.42 Å². The summed E-state index contributed by atoms with van der Waals surface area (Å²) in [5.41, 5.74) is 3.37. The summed E-state index contributed by atoms with van der Waals surface area (Å²) in [5, 5.41) is 7.40. The predicted molar refractivity (Wildman–Crippen MR) is 127 cm³/mol. The molecule has 1 amide bonds. The topological polar surface area (TPSA) is 84.3 Å². The molecule has 1 aromatic heterocycles. The number of aromatic nitrogens is 2. The van der Waals surface area contributed by atoms with Crippen molar-refractivity contribution in [3.8, 4) is 0 Å². The van der Waals surface area contributed by atoms with Crippen molar-refractivity contribution in [3.63, 3.8) is 0 Å². The number of nitrogens with one attached hydrogen (secondary N) is 1. The molecule has 1 N–H and O–H groups in total. The molecule has 0 spiro atoms. The van der Waals surface area contributed by atoms with Gasteiger partial charge in [-0.3, -0.25) is 13.8 Å². The van der Waals surface area contributed by atoms with Crippen LogP contribution in [0.3, 0.4) is 0 Å². The lowest BCUT2D eigenvalue weighted by molar-refractivity contribution is -0.120. The standard InChI is InChI=1S/C24H36N4O3S/c1-17-13-18(2)15-22(14-17)28(32(30,31)24-19(3)26-27(5)20(24)4)16-23(29)25-21-11-9-7-6-8-10-12-21/h13-15,21H,6-12,16H2,1-5H3,(H,25,29). The van der Waals surface area contributed by atoms with Crippen molar-refractivity contribution in [2.75, 3.05) is 10.8 Å². The van der Waals surface area contributed by atoms with Crippen LogP contribution in [0.5, 0.6) is 0 Å². The zero-order valence-corrected chi connectivity index (χ0v) is 20.8. The van der Waals surface area contributed by atoms with Crippen LogP contribution in [0.15, 0.2) is 23.1 Å². The number of carbonyl (C=O) groups is 1. The van der Waals surface area contributed by atoms with E-state index in [0.717, 1.165) is 36.8 Å². The summed E-state index contributed by atoms with van der Waals surface area (Å²) in [6.07, 6.45) is 7.72. The van der Waals surface area contributed by atoms with E-state index in [4.69, 9.17) is 0 Å². The monoisotopic (exact) mass is 460 g/mol. The fourth-order valence-electron chi connectivity index (χ4n) is 4.65. The molecule has 1 aromatic carbocycles. The Bertz CT molecular complexity index is 1050. The number of amides is 1. The average molecular weight is 461 g/mol. The van der Waals surface area contributed by atoms with Gasteiger partial charge in [-0.2, -0.15) is 5.10 Å². The first kappa shape index (κ1) is 24.3. The third-order valence-corrected chi connectivity index (χ3v) is 8.27. The number of sulfonamides is 1. The van der Waals surface area contributed by atoms with Crippen LogP contribution in [0.1, 0.15) is 67.5 Å². The second-order valence-electron chi connectivity index (χ2n) is 9.09. The highest BCUT2D eigenvalue weighted by Gasteiger charge is 2.33. The minimum Gasteiger partial charge on any atom is -0.352 e. The molecule has 1 fully saturated rings. The smallest absolute Gasteiger partial charge is 0.268 e. The van der Waals surface area contributed by atoms with E-state index in [1.807, 2.05) is 32.0 Å². The van der Waals surface area contributed by atoms with E-state index in [0.29, 0.717) is 17.1 Å². The first-order valence-corrected chi connectivity index (χ1v) is 12.9. The highest BCUT2D eigenvalue weighted by Crippen LogP contribution is 2.29. The molecule has 0 unspecified atom stereocenters.